The van der Waals surface area contributed by atoms with Crippen LogP contribution in [-0.4, -0.2) is 28.8 Å². The van der Waals surface area contributed by atoms with Gasteiger partial charge < -0.3 is 10.4 Å². The van der Waals surface area contributed by atoms with Gasteiger partial charge in [0, 0.05) is 19.0 Å². The lowest BCUT2D eigenvalue weighted by Crippen LogP contribution is -2.21. The lowest BCUT2D eigenvalue weighted by molar-refractivity contribution is 0.0957. The standard InChI is InChI=1S/C20H22N2O3/c1-12-8-14(12)11-18(23)15-9-16(22-17(10-15)20(25)21-2)19(24)13-6-4-3-5-7-13/h3-7,9-10,12,14,19,24H,8,11H2,1-2H3,(H,21,25)/t12-,14+,19+/m0/s1. The molecule has 1 heterocycles. The Kier molecular flexibility index (Phi) is 4.95. The molecule has 1 aliphatic rings. The first kappa shape index (κ1) is 17.3. The molecule has 5 nitrogen and oxygen atoms in total. The summed E-state index contributed by atoms with van der Waals surface area (Å²) in [7, 11) is 1.51. The number of carbonyl (C=O) groups excluding carboxylic acids is 2. The Morgan fingerprint density at radius 2 is 1.96 bits per heavy atom. The van der Waals surface area contributed by atoms with Gasteiger partial charge in [-0.25, -0.2) is 4.98 Å². The first-order chi connectivity index (χ1) is 12.0. The molecule has 5 heteroatoms. The lowest BCUT2D eigenvalue weighted by Gasteiger charge is -2.13. The molecule has 2 N–H and O–H groups in total. The molecule has 3 rings (SSSR count). The average Bonchev–Trinajstić information content (AvgIpc) is 3.35. The monoisotopic (exact) mass is 338 g/mol. The Labute approximate surface area is 147 Å². The quantitative estimate of drug-likeness (QED) is 0.794. The van der Waals surface area contributed by atoms with Crippen molar-refractivity contribution >= 4 is 11.7 Å². The van der Waals surface area contributed by atoms with Crippen molar-refractivity contribution in [2.24, 2.45) is 11.8 Å². The minimum absolute atomic E-state index is 0.0107. The first-order valence-electron chi connectivity index (χ1n) is 8.50. The Morgan fingerprint density at radius 1 is 1.28 bits per heavy atom. The van der Waals surface area contributed by atoms with Crippen LogP contribution in [0.15, 0.2) is 42.5 Å². The van der Waals surface area contributed by atoms with Gasteiger partial charge in [-0.05, 0) is 36.0 Å². The molecule has 0 radical (unpaired) electrons. The van der Waals surface area contributed by atoms with Gasteiger partial charge in [0.05, 0.1) is 5.69 Å². The van der Waals surface area contributed by atoms with E-state index in [-0.39, 0.29) is 17.4 Å². The molecular formula is C20H22N2O3. The van der Waals surface area contributed by atoms with Gasteiger partial charge >= 0.3 is 0 Å². The molecule has 0 aliphatic heterocycles. The number of carbonyl (C=O) groups is 2. The summed E-state index contributed by atoms with van der Waals surface area (Å²) in [5.41, 5.74) is 1.54. The molecule has 2 aromatic rings. The number of rotatable bonds is 6. The number of pyridine rings is 1. The van der Waals surface area contributed by atoms with Gasteiger partial charge in [-0.2, -0.15) is 0 Å². The van der Waals surface area contributed by atoms with E-state index in [0.717, 1.165) is 6.42 Å². The molecule has 1 saturated carbocycles. The van der Waals surface area contributed by atoms with Crippen molar-refractivity contribution in [3.63, 3.8) is 0 Å². The second-order valence-electron chi connectivity index (χ2n) is 6.66. The smallest absolute Gasteiger partial charge is 0.269 e. The van der Waals surface area contributed by atoms with E-state index in [0.29, 0.717) is 35.1 Å². The van der Waals surface area contributed by atoms with Gasteiger partial charge in [0.15, 0.2) is 5.78 Å². The molecule has 1 aromatic carbocycles. The Bertz CT molecular complexity index is 789. The minimum atomic E-state index is -0.989. The minimum Gasteiger partial charge on any atom is -0.382 e. The largest absolute Gasteiger partial charge is 0.382 e. The third kappa shape index (κ3) is 3.94. The molecule has 3 atom stereocenters. The Morgan fingerprint density at radius 3 is 2.56 bits per heavy atom. The van der Waals surface area contributed by atoms with Gasteiger partial charge in [0.1, 0.15) is 11.8 Å². The predicted molar refractivity (Wildman–Crippen MR) is 94.3 cm³/mol. The predicted octanol–water partition coefficient (Wildman–Crippen LogP) is 2.75. The highest BCUT2D eigenvalue weighted by molar-refractivity contribution is 6.00. The van der Waals surface area contributed by atoms with Crippen molar-refractivity contribution in [2.75, 3.05) is 7.05 Å². The van der Waals surface area contributed by atoms with Crippen molar-refractivity contribution in [3.8, 4) is 0 Å². The molecule has 1 fully saturated rings. The van der Waals surface area contributed by atoms with Crippen LogP contribution >= 0.6 is 0 Å². The third-order valence-electron chi connectivity index (χ3n) is 4.75. The third-order valence-corrected chi connectivity index (χ3v) is 4.75. The topological polar surface area (TPSA) is 79.3 Å². The summed E-state index contributed by atoms with van der Waals surface area (Å²) in [6, 6.07) is 12.2. The summed E-state index contributed by atoms with van der Waals surface area (Å²) in [5, 5.41) is 13.1. The number of benzene rings is 1. The zero-order valence-corrected chi connectivity index (χ0v) is 14.4. The van der Waals surface area contributed by atoms with E-state index in [1.54, 1.807) is 18.2 Å². The number of nitrogens with zero attached hydrogens (tertiary/aromatic N) is 1. The van der Waals surface area contributed by atoms with Crippen LogP contribution in [0.4, 0.5) is 0 Å². The fourth-order valence-electron chi connectivity index (χ4n) is 2.94. The van der Waals surface area contributed by atoms with E-state index in [9.17, 15) is 14.7 Å². The number of ketones is 1. The van der Waals surface area contributed by atoms with Crippen LogP contribution in [0.3, 0.4) is 0 Å². The molecule has 0 spiro atoms. The van der Waals surface area contributed by atoms with Crippen LogP contribution in [0, 0.1) is 11.8 Å². The number of aromatic nitrogens is 1. The van der Waals surface area contributed by atoms with Gasteiger partial charge in [-0.1, -0.05) is 37.3 Å². The normalized spacial score (nSPS) is 20.0. The second kappa shape index (κ2) is 7.15. The average molecular weight is 338 g/mol. The SMILES string of the molecule is CNC(=O)c1cc(C(=O)C[C@H]2C[C@@H]2C)cc([C@H](O)c2ccccc2)n1. The maximum Gasteiger partial charge on any atom is 0.269 e. The van der Waals surface area contributed by atoms with E-state index < -0.39 is 6.10 Å². The van der Waals surface area contributed by atoms with Crippen molar-refractivity contribution in [1.29, 1.82) is 0 Å². The van der Waals surface area contributed by atoms with Crippen LogP contribution in [0.5, 0.6) is 0 Å². The van der Waals surface area contributed by atoms with Crippen LogP contribution in [0.1, 0.15) is 58.0 Å². The molecule has 1 aliphatic carbocycles. The number of hydrogen-bond acceptors (Lipinski definition) is 4. The van der Waals surface area contributed by atoms with Crippen molar-refractivity contribution in [2.45, 2.75) is 25.9 Å². The van der Waals surface area contributed by atoms with Gasteiger partial charge in [0.25, 0.3) is 5.91 Å². The summed E-state index contributed by atoms with van der Waals surface area (Å²) in [4.78, 5) is 28.9. The number of Topliss-reactive ketones (excluding diaryl/α,β-unsaturated/α-hetero) is 1. The van der Waals surface area contributed by atoms with Gasteiger partial charge in [-0.3, -0.25) is 9.59 Å². The Balaban J connectivity index is 1.95. The van der Waals surface area contributed by atoms with E-state index >= 15 is 0 Å². The maximum absolute atomic E-state index is 12.6. The number of aliphatic hydroxyl groups is 1. The molecule has 1 amide bonds. The molecule has 0 unspecified atom stereocenters. The fraction of sp³-hybridized carbons (Fsp3) is 0.350. The first-order valence-corrected chi connectivity index (χ1v) is 8.50. The molecule has 130 valence electrons. The summed E-state index contributed by atoms with van der Waals surface area (Å²) in [6.07, 6.45) is 0.551. The van der Waals surface area contributed by atoms with Crippen LogP contribution < -0.4 is 5.32 Å². The van der Waals surface area contributed by atoms with Crippen LogP contribution in [0.2, 0.25) is 0 Å². The zero-order valence-electron chi connectivity index (χ0n) is 14.4. The second-order valence-corrected chi connectivity index (χ2v) is 6.66. The van der Waals surface area contributed by atoms with E-state index in [1.165, 1.54) is 13.1 Å². The van der Waals surface area contributed by atoms with E-state index in [4.69, 9.17) is 0 Å². The molecule has 25 heavy (non-hydrogen) atoms. The highest BCUT2D eigenvalue weighted by atomic mass is 16.3. The van der Waals surface area contributed by atoms with E-state index in [2.05, 4.69) is 17.2 Å². The Hall–Kier alpha value is -2.53. The van der Waals surface area contributed by atoms with Gasteiger partial charge in [0.2, 0.25) is 0 Å². The van der Waals surface area contributed by atoms with Crippen molar-refractivity contribution in [3.05, 3.63) is 65.0 Å². The fourth-order valence-corrected chi connectivity index (χ4v) is 2.94. The van der Waals surface area contributed by atoms with E-state index in [1.807, 2.05) is 18.2 Å². The van der Waals surface area contributed by atoms with Crippen LogP contribution in [-0.2, 0) is 0 Å². The highest BCUT2D eigenvalue weighted by Gasteiger charge is 2.34. The number of nitrogens with one attached hydrogen (secondary N) is 1. The zero-order chi connectivity index (χ0) is 18.0. The van der Waals surface area contributed by atoms with Gasteiger partial charge in [-0.15, -0.1) is 0 Å². The summed E-state index contributed by atoms with van der Waals surface area (Å²) in [6.45, 7) is 2.13. The van der Waals surface area contributed by atoms with Crippen LogP contribution in [0.25, 0.3) is 0 Å². The number of amides is 1. The highest BCUT2D eigenvalue weighted by Crippen LogP contribution is 2.41. The summed E-state index contributed by atoms with van der Waals surface area (Å²) < 4.78 is 0. The molecule has 0 bridgehead atoms. The summed E-state index contributed by atoms with van der Waals surface area (Å²) in [5.74, 6) is 0.615. The maximum atomic E-state index is 12.6. The molecular weight excluding hydrogens is 316 g/mol. The summed E-state index contributed by atoms with van der Waals surface area (Å²) >= 11 is 0. The lowest BCUT2D eigenvalue weighted by atomic mass is 10.00. The molecule has 0 saturated heterocycles. The molecule has 1 aromatic heterocycles. The van der Waals surface area contributed by atoms with Crippen molar-refractivity contribution < 1.29 is 14.7 Å². The van der Waals surface area contributed by atoms with Crippen molar-refractivity contribution in [1.82, 2.24) is 10.3 Å². The number of aliphatic hydroxyl groups excluding tert-OH is 1. The number of hydrogen-bond donors (Lipinski definition) is 2.